The molecule has 2 heterocycles. The maximum absolute atomic E-state index is 10.1. The minimum Gasteiger partial charge on any atom is -0.390 e. The zero-order valence-corrected chi connectivity index (χ0v) is 13.3. The highest BCUT2D eigenvalue weighted by molar-refractivity contribution is 7.22. The van der Waals surface area contributed by atoms with Gasteiger partial charge in [0.1, 0.15) is 5.52 Å². The van der Waals surface area contributed by atoms with Gasteiger partial charge in [-0.25, -0.2) is 4.98 Å². The molecule has 0 amide bonds. The van der Waals surface area contributed by atoms with Gasteiger partial charge in [0.25, 0.3) is 0 Å². The lowest BCUT2D eigenvalue weighted by Gasteiger charge is -2.37. The van der Waals surface area contributed by atoms with E-state index in [0.29, 0.717) is 5.92 Å². The molecule has 2 aromatic rings. The van der Waals surface area contributed by atoms with Crippen molar-refractivity contribution in [3.05, 3.63) is 23.2 Å². The van der Waals surface area contributed by atoms with Crippen molar-refractivity contribution in [1.82, 2.24) is 4.98 Å². The summed E-state index contributed by atoms with van der Waals surface area (Å²) in [7, 11) is 0. The largest absolute Gasteiger partial charge is 0.390 e. The number of halogens is 1. The Balaban J connectivity index is 1.78. The number of para-hydroxylation sites is 1. The second-order valence-corrected chi connectivity index (χ2v) is 7.41. The molecule has 108 valence electrons. The van der Waals surface area contributed by atoms with Crippen molar-refractivity contribution >= 4 is 38.3 Å². The molecule has 1 aromatic carbocycles. The topological polar surface area (TPSA) is 36.4 Å². The van der Waals surface area contributed by atoms with E-state index in [1.807, 2.05) is 26.0 Å². The summed E-state index contributed by atoms with van der Waals surface area (Å²) in [6.07, 6.45) is 2.01. The molecule has 0 bridgehead atoms. The summed E-state index contributed by atoms with van der Waals surface area (Å²) in [5.41, 5.74) is 0.321. The molecule has 0 spiro atoms. The Kier molecular flexibility index (Phi) is 3.65. The number of benzene rings is 1. The molecule has 3 nitrogen and oxygen atoms in total. The van der Waals surface area contributed by atoms with Crippen molar-refractivity contribution in [2.24, 2.45) is 5.92 Å². The van der Waals surface area contributed by atoms with E-state index < -0.39 is 5.60 Å². The van der Waals surface area contributed by atoms with Crippen LogP contribution in [0.1, 0.15) is 26.7 Å². The first-order valence-electron chi connectivity index (χ1n) is 6.97. The smallest absolute Gasteiger partial charge is 0.186 e. The van der Waals surface area contributed by atoms with Gasteiger partial charge in [0.15, 0.2) is 5.13 Å². The number of aromatic nitrogens is 1. The van der Waals surface area contributed by atoms with Gasteiger partial charge in [0, 0.05) is 13.1 Å². The third-order valence-corrected chi connectivity index (χ3v) is 5.51. The molecular formula is C15H19ClN2OS. The second-order valence-electron chi connectivity index (χ2n) is 6.00. The lowest BCUT2D eigenvalue weighted by Crippen LogP contribution is -2.41. The summed E-state index contributed by atoms with van der Waals surface area (Å²) in [4.78, 5) is 6.98. The predicted molar refractivity (Wildman–Crippen MR) is 85.9 cm³/mol. The third kappa shape index (κ3) is 2.65. The quantitative estimate of drug-likeness (QED) is 0.913. The van der Waals surface area contributed by atoms with E-state index in [4.69, 9.17) is 11.6 Å². The molecule has 0 saturated carbocycles. The Hall–Kier alpha value is -0.840. The summed E-state index contributed by atoms with van der Waals surface area (Å²) < 4.78 is 1.14. The fourth-order valence-electron chi connectivity index (χ4n) is 2.82. The highest BCUT2D eigenvalue weighted by atomic mass is 35.5. The van der Waals surface area contributed by atoms with E-state index in [1.54, 1.807) is 11.3 Å². The van der Waals surface area contributed by atoms with Gasteiger partial charge in [-0.2, -0.15) is 0 Å². The number of nitrogens with zero attached hydrogens (tertiary/aromatic N) is 2. The third-order valence-electron chi connectivity index (χ3n) is 4.12. The van der Waals surface area contributed by atoms with Gasteiger partial charge in [0.2, 0.25) is 0 Å². The summed E-state index contributed by atoms with van der Waals surface area (Å²) in [5, 5.41) is 11.9. The molecule has 1 aromatic heterocycles. The number of thiazole rings is 1. The van der Waals surface area contributed by atoms with Gasteiger partial charge in [-0.1, -0.05) is 29.0 Å². The fraction of sp³-hybridized carbons (Fsp3) is 0.533. The van der Waals surface area contributed by atoms with Crippen molar-refractivity contribution in [2.75, 3.05) is 18.0 Å². The van der Waals surface area contributed by atoms with Crippen molar-refractivity contribution in [3.63, 3.8) is 0 Å². The lowest BCUT2D eigenvalue weighted by molar-refractivity contribution is 0.00651. The Morgan fingerprint density at radius 2 is 2.05 bits per heavy atom. The van der Waals surface area contributed by atoms with Crippen LogP contribution in [0.25, 0.3) is 10.2 Å². The minimum atomic E-state index is -0.580. The van der Waals surface area contributed by atoms with E-state index in [2.05, 4.69) is 16.0 Å². The molecule has 0 aliphatic carbocycles. The molecule has 1 aliphatic heterocycles. The summed E-state index contributed by atoms with van der Waals surface area (Å²) in [6.45, 7) is 5.72. The van der Waals surface area contributed by atoms with Gasteiger partial charge in [-0.15, -0.1) is 0 Å². The summed E-state index contributed by atoms with van der Waals surface area (Å²) >= 11 is 7.88. The van der Waals surface area contributed by atoms with Gasteiger partial charge in [-0.3, -0.25) is 0 Å². The second kappa shape index (κ2) is 5.17. The SMILES string of the molecule is CC(C)(O)C1CCN(c2nc3c(Cl)cccc3s2)CC1. The van der Waals surface area contributed by atoms with Crippen LogP contribution in [0.4, 0.5) is 5.13 Å². The molecule has 1 saturated heterocycles. The van der Waals surface area contributed by atoms with E-state index in [1.165, 1.54) is 0 Å². The van der Waals surface area contributed by atoms with Crippen LogP contribution in [-0.2, 0) is 0 Å². The highest BCUT2D eigenvalue weighted by Crippen LogP contribution is 2.36. The number of aliphatic hydroxyl groups is 1. The fourth-order valence-corrected chi connectivity index (χ4v) is 4.13. The van der Waals surface area contributed by atoms with Crippen molar-refractivity contribution in [1.29, 1.82) is 0 Å². The maximum Gasteiger partial charge on any atom is 0.186 e. The Bertz CT molecular complexity index is 612. The monoisotopic (exact) mass is 310 g/mol. The molecule has 5 heteroatoms. The van der Waals surface area contributed by atoms with Gasteiger partial charge in [-0.05, 0) is 44.7 Å². The number of piperidine rings is 1. The van der Waals surface area contributed by atoms with Crippen molar-refractivity contribution in [2.45, 2.75) is 32.3 Å². The standard InChI is InChI=1S/C15H19ClN2OS/c1-15(2,19)10-6-8-18(9-7-10)14-17-13-11(16)4-3-5-12(13)20-14/h3-5,10,19H,6-9H2,1-2H3. The Morgan fingerprint density at radius 1 is 1.35 bits per heavy atom. The van der Waals surface area contributed by atoms with Crippen LogP contribution in [-0.4, -0.2) is 28.8 Å². The van der Waals surface area contributed by atoms with E-state index in [0.717, 1.165) is 46.3 Å². The van der Waals surface area contributed by atoms with Crippen molar-refractivity contribution < 1.29 is 5.11 Å². The first-order chi connectivity index (χ1) is 9.45. The summed E-state index contributed by atoms with van der Waals surface area (Å²) in [6, 6.07) is 5.91. The number of hydrogen-bond acceptors (Lipinski definition) is 4. The highest BCUT2D eigenvalue weighted by Gasteiger charge is 2.31. The van der Waals surface area contributed by atoms with Crippen LogP contribution in [0.3, 0.4) is 0 Å². The number of hydrogen-bond donors (Lipinski definition) is 1. The van der Waals surface area contributed by atoms with Crippen LogP contribution >= 0.6 is 22.9 Å². The van der Waals surface area contributed by atoms with Crippen LogP contribution < -0.4 is 4.90 Å². The Morgan fingerprint density at radius 3 is 2.65 bits per heavy atom. The van der Waals surface area contributed by atoms with Crippen LogP contribution in [0.5, 0.6) is 0 Å². The molecule has 0 unspecified atom stereocenters. The zero-order valence-electron chi connectivity index (χ0n) is 11.8. The predicted octanol–water partition coefficient (Wildman–Crippen LogP) is 3.94. The molecule has 20 heavy (non-hydrogen) atoms. The molecule has 1 fully saturated rings. The van der Waals surface area contributed by atoms with Gasteiger partial charge >= 0.3 is 0 Å². The zero-order chi connectivity index (χ0) is 14.3. The van der Waals surface area contributed by atoms with E-state index in [9.17, 15) is 5.11 Å². The normalized spacial score (nSPS) is 17.9. The minimum absolute atomic E-state index is 0.372. The van der Waals surface area contributed by atoms with Crippen molar-refractivity contribution in [3.8, 4) is 0 Å². The summed E-state index contributed by atoms with van der Waals surface area (Å²) in [5.74, 6) is 0.372. The average molecular weight is 311 g/mol. The molecule has 1 aliphatic rings. The number of fused-ring (bicyclic) bond motifs is 1. The van der Waals surface area contributed by atoms with Crippen LogP contribution in [0, 0.1) is 5.92 Å². The average Bonchev–Trinajstić information content (AvgIpc) is 2.83. The maximum atomic E-state index is 10.1. The van der Waals surface area contributed by atoms with E-state index >= 15 is 0 Å². The molecular weight excluding hydrogens is 292 g/mol. The molecule has 0 radical (unpaired) electrons. The molecule has 0 atom stereocenters. The van der Waals surface area contributed by atoms with E-state index in [-0.39, 0.29) is 0 Å². The molecule has 1 N–H and O–H groups in total. The first-order valence-corrected chi connectivity index (χ1v) is 8.17. The first kappa shape index (κ1) is 14.1. The van der Waals surface area contributed by atoms with Crippen LogP contribution in [0.15, 0.2) is 18.2 Å². The van der Waals surface area contributed by atoms with Crippen LogP contribution in [0.2, 0.25) is 5.02 Å². The molecule has 3 rings (SSSR count). The van der Waals surface area contributed by atoms with Gasteiger partial charge in [0.05, 0.1) is 15.3 Å². The lowest BCUT2D eigenvalue weighted by atomic mass is 9.83. The number of rotatable bonds is 2. The number of anilines is 1. The Labute approximate surface area is 128 Å². The van der Waals surface area contributed by atoms with Gasteiger partial charge < -0.3 is 10.0 Å².